The van der Waals surface area contributed by atoms with Gasteiger partial charge in [-0.2, -0.15) is 0 Å². The summed E-state index contributed by atoms with van der Waals surface area (Å²) in [5.74, 6) is 2.31. The summed E-state index contributed by atoms with van der Waals surface area (Å²) in [7, 11) is 0. The zero-order valence-electron chi connectivity index (χ0n) is 19.9. The molecule has 0 aliphatic carbocycles. The van der Waals surface area contributed by atoms with Crippen molar-refractivity contribution in [3.8, 4) is 34.3 Å². The van der Waals surface area contributed by atoms with Crippen LogP contribution in [0.2, 0.25) is 0 Å². The standard InChI is InChI=1S/C26H29NO7/c1-5-29-23-12-19(13-24(30-6-2)25(23)31-7-3)26(28)32-15-20-14-22(34-27-20)17-8-9-21-18(11-17)10-16(4)33-21/h8-9,11-14,16H,5-7,10,15H2,1-4H3. The van der Waals surface area contributed by atoms with Crippen molar-refractivity contribution in [2.75, 3.05) is 19.8 Å². The van der Waals surface area contributed by atoms with Crippen molar-refractivity contribution in [2.24, 2.45) is 0 Å². The molecule has 4 rings (SSSR count). The Kier molecular flexibility index (Phi) is 7.25. The summed E-state index contributed by atoms with van der Waals surface area (Å²) in [5.41, 5.74) is 2.84. The summed E-state index contributed by atoms with van der Waals surface area (Å²) in [6.07, 6.45) is 1.03. The lowest BCUT2D eigenvalue weighted by atomic mass is 10.1. The largest absolute Gasteiger partial charge is 0.490 e. The number of esters is 1. The second-order valence-electron chi connectivity index (χ2n) is 7.81. The Labute approximate surface area is 198 Å². The third-order valence-corrected chi connectivity index (χ3v) is 5.24. The van der Waals surface area contributed by atoms with Gasteiger partial charge in [-0.1, -0.05) is 5.16 Å². The topological polar surface area (TPSA) is 89.3 Å². The third kappa shape index (κ3) is 5.11. The molecule has 1 unspecified atom stereocenters. The Bertz CT molecular complexity index is 1130. The predicted molar refractivity (Wildman–Crippen MR) is 125 cm³/mol. The van der Waals surface area contributed by atoms with Crippen molar-refractivity contribution in [1.82, 2.24) is 5.16 Å². The van der Waals surface area contributed by atoms with E-state index in [1.54, 1.807) is 18.2 Å². The Morgan fingerprint density at radius 1 is 1.00 bits per heavy atom. The van der Waals surface area contributed by atoms with E-state index in [0.29, 0.717) is 54.1 Å². The molecule has 0 radical (unpaired) electrons. The number of carbonyl (C=O) groups excluding carboxylic acids is 1. The predicted octanol–water partition coefficient (Wildman–Crippen LogP) is 5.22. The van der Waals surface area contributed by atoms with Gasteiger partial charge in [-0.15, -0.1) is 0 Å². The molecule has 0 saturated heterocycles. The minimum atomic E-state index is -0.529. The molecule has 0 spiro atoms. The van der Waals surface area contributed by atoms with E-state index in [1.807, 2.05) is 45.9 Å². The fourth-order valence-electron chi connectivity index (χ4n) is 3.82. The van der Waals surface area contributed by atoms with Crippen molar-refractivity contribution in [3.05, 3.63) is 53.2 Å². The molecule has 0 fully saturated rings. The van der Waals surface area contributed by atoms with Crippen molar-refractivity contribution in [2.45, 2.75) is 46.8 Å². The van der Waals surface area contributed by atoms with E-state index in [0.717, 1.165) is 23.3 Å². The van der Waals surface area contributed by atoms with Crippen LogP contribution in [0.1, 0.15) is 49.3 Å². The van der Waals surface area contributed by atoms with Crippen molar-refractivity contribution < 1.29 is 33.0 Å². The minimum absolute atomic E-state index is 0.0332. The number of carbonyl (C=O) groups is 1. The van der Waals surface area contributed by atoms with Crippen LogP contribution in [-0.4, -0.2) is 37.1 Å². The summed E-state index contributed by atoms with van der Waals surface area (Å²) in [5, 5.41) is 4.05. The van der Waals surface area contributed by atoms with Crippen LogP contribution in [0.15, 0.2) is 40.9 Å². The molecule has 2 heterocycles. The molecule has 1 aliphatic heterocycles. The number of nitrogens with zero attached hydrogens (tertiary/aromatic N) is 1. The number of fused-ring (bicyclic) bond motifs is 1. The minimum Gasteiger partial charge on any atom is -0.490 e. The number of hydrogen-bond donors (Lipinski definition) is 0. The Balaban J connectivity index is 1.47. The van der Waals surface area contributed by atoms with E-state index >= 15 is 0 Å². The zero-order chi connectivity index (χ0) is 24.1. The van der Waals surface area contributed by atoms with E-state index in [-0.39, 0.29) is 12.7 Å². The first-order chi connectivity index (χ1) is 16.5. The lowest BCUT2D eigenvalue weighted by Gasteiger charge is -2.16. The van der Waals surface area contributed by atoms with Crippen LogP contribution in [0.4, 0.5) is 0 Å². The third-order valence-electron chi connectivity index (χ3n) is 5.24. The Morgan fingerprint density at radius 2 is 1.71 bits per heavy atom. The zero-order valence-corrected chi connectivity index (χ0v) is 19.9. The highest BCUT2D eigenvalue weighted by atomic mass is 16.5. The molecule has 8 heteroatoms. The SMILES string of the molecule is CCOc1cc(C(=O)OCc2cc(-c3ccc4c(c3)CC(C)O4)on2)cc(OCC)c1OCC. The van der Waals surface area contributed by atoms with Gasteiger partial charge in [0.15, 0.2) is 17.3 Å². The van der Waals surface area contributed by atoms with Gasteiger partial charge in [-0.05, 0) is 63.6 Å². The van der Waals surface area contributed by atoms with Crippen LogP contribution in [0, 0.1) is 0 Å². The highest BCUT2D eigenvalue weighted by Crippen LogP contribution is 2.39. The monoisotopic (exact) mass is 467 g/mol. The fourth-order valence-corrected chi connectivity index (χ4v) is 3.82. The summed E-state index contributed by atoms with van der Waals surface area (Å²) in [6.45, 7) is 8.87. The second kappa shape index (κ2) is 10.5. The van der Waals surface area contributed by atoms with Gasteiger partial charge >= 0.3 is 5.97 Å². The number of hydrogen-bond acceptors (Lipinski definition) is 8. The van der Waals surface area contributed by atoms with E-state index < -0.39 is 5.97 Å². The maximum absolute atomic E-state index is 12.8. The molecule has 0 N–H and O–H groups in total. The van der Waals surface area contributed by atoms with Crippen LogP contribution in [0.5, 0.6) is 23.0 Å². The highest BCUT2D eigenvalue weighted by Gasteiger charge is 2.21. The van der Waals surface area contributed by atoms with Gasteiger partial charge in [0.2, 0.25) is 5.75 Å². The smallest absolute Gasteiger partial charge is 0.338 e. The number of aromatic nitrogens is 1. The quantitative estimate of drug-likeness (QED) is 0.375. The lowest BCUT2D eigenvalue weighted by Crippen LogP contribution is -2.09. The van der Waals surface area contributed by atoms with Crippen LogP contribution >= 0.6 is 0 Å². The van der Waals surface area contributed by atoms with Crippen molar-refractivity contribution >= 4 is 5.97 Å². The molecule has 1 aliphatic rings. The van der Waals surface area contributed by atoms with Crippen LogP contribution < -0.4 is 18.9 Å². The summed E-state index contributed by atoms with van der Waals surface area (Å²) < 4.78 is 33.7. The molecule has 3 aromatic rings. The lowest BCUT2D eigenvalue weighted by molar-refractivity contribution is 0.0463. The van der Waals surface area contributed by atoms with Gasteiger partial charge in [0.05, 0.1) is 25.4 Å². The maximum Gasteiger partial charge on any atom is 0.338 e. The first-order valence-corrected chi connectivity index (χ1v) is 11.5. The molecule has 180 valence electrons. The highest BCUT2D eigenvalue weighted by molar-refractivity contribution is 5.91. The molecule has 34 heavy (non-hydrogen) atoms. The molecule has 0 bridgehead atoms. The van der Waals surface area contributed by atoms with E-state index in [1.165, 1.54) is 0 Å². The average molecular weight is 468 g/mol. The maximum atomic E-state index is 12.8. The molecule has 2 aromatic carbocycles. The molecule has 0 saturated carbocycles. The van der Waals surface area contributed by atoms with Gasteiger partial charge in [-0.25, -0.2) is 4.79 Å². The normalized spacial score (nSPS) is 14.3. The van der Waals surface area contributed by atoms with E-state index in [9.17, 15) is 4.79 Å². The second-order valence-corrected chi connectivity index (χ2v) is 7.81. The molecule has 1 atom stereocenters. The number of rotatable bonds is 10. The molecule has 8 nitrogen and oxygen atoms in total. The molecular weight excluding hydrogens is 438 g/mol. The molecule has 0 amide bonds. The van der Waals surface area contributed by atoms with Gasteiger partial charge < -0.3 is 28.2 Å². The average Bonchev–Trinajstić information content (AvgIpc) is 3.44. The van der Waals surface area contributed by atoms with Gasteiger partial charge in [0.25, 0.3) is 0 Å². The van der Waals surface area contributed by atoms with E-state index in [4.69, 9.17) is 28.2 Å². The van der Waals surface area contributed by atoms with Crippen LogP contribution in [0.25, 0.3) is 11.3 Å². The summed E-state index contributed by atoms with van der Waals surface area (Å²) >= 11 is 0. The Morgan fingerprint density at radius 3 is 2.38 bits per heavy atom. The van der Waals surface area contributed by atoms with Crippen LogP contribution in [0.3, 0.4) is 0 Å². The Hall–Kier alpha value is -3.68. The summed E-state index contributed by atoms with van der Waals surface area (Å²) in [4.78, 5) is 12.8. The fraction of sp³-hybridized carbons (Fsp3) is 0.385. The van der Waals surface area contributed by atoms with Crippen molar-refractivity contribution in [3.63, 3.8) is 0 Å². The van der Waals surface area contributed by atoms with Crippen LogP contribution in [-0.2, 0) is 17.8 Å². The van der Waals surface area contributed by atoms with Gasteiger partial charge in [-0.3, -0.25) is 0 Å². The number of ether oxygens (including phenoxy) is 5. The summed E-state index contributed by atoms with van der Waals surface area (Å²) in [6, 6.07) is 10.9. The van der Waals surface area contributed by atoms with Gasteiger partial charge in [0, 0.05) is 18.1 Å². The molecule has 1 aromatic heterocycles. The first kappa shape index (κ1) is 23.5. The van der Waals surface area contributed by atoms with E-state index in [2.05, 4.69) is 5.16 Å². The van der Waals surface area contributed by atoms with Gasteiger partial charge in [0.1, 0.15) is 24.2 Å². The van der Waals surface area contributed by atoms with Crippen molar-refractivity contribution in [1.29, 1.82) is 0 Å². The number of benzene rings is 2. The molecular formula is C26H29NO7. The first-order valence-electron chi connectivity index (χ1n) is 11.5.